The zero-order valence-corrected chi connectivity index (χ0v) is 11.7. The fourth-order valence-electron chi connectivity index (χ4n) is 4.43. The van der Waals surface area contributed by atoms with Crippen LogP contribution in [0, 0.1) is 11.3 Å². The van der Waals surface area contributed by atoms with Gasteiger partial charge in [-0.2, -0.15) is 0 Å². The molecule has 0 aromatic carbocycles. The van der Waals surface area contributed by atoms with E-state index in [9.17, 15) is 5.11 Å². The van der Waals surface area contributed by atoms with E-state index in [-0.39, 0.29) is 5.41 Å². The van der Waals surface area contributed by atoms with Gasteiger partial charge in [-0.25, -0.2) is 0 Å². The number of ether oxygens (including phenoxy) is 1. The Morgan fingerprint density at radius 3 is 2.67 bits per heavy atom. The first kappa shape index (κ1) is 12.9. The van der Waals surface area contributed by atoms with E-state index in [0.717, 1.165) is 26.0 Å². The van der Waals surface area contributed by atoms with Gasteiger partial charge < -0.3 is 15.2 Å². The summed E-state index contributed by atoms with van der Waals surface area (Å²) in [5.41, 5.74) is -0.217. The molecular formula is C15H27NO2. The molecule has 1 heterocycles. The number of aliphatic hydroxyl groups is 1. The van der Waals surface area contributed by atoms with Crippen molar-refractivity contribution in [2.24, 2.45) is 11.3 Å². The average molecular weight is 253 g/mol. The lowest BCUT2D eigenvalue weighted by atomic mass is 9.57. The molecule has 1 aliphatic heterocycles. The first-order chi connectivity index (χ1) is 8.53. The van der Waals surface area contributed by atoms with Crippen LogP contribution < -0.4 is 5.32 Å². The molecule has 0 spiro atoms. The van der Waals surface area contributed by atoms with Gasteiger partial charge in [0, 0.05) is 30.5 Å². The lowest BCUT2D eigenvalue weighted by Crippen LogP contribution is -2.67. The quantitative estimate of drug-likeness (QED) is 0.809. The second-order valence-corrected chi connectivity index (χ2v) is 7.21. The van der Waals surface area contributed by atoms with Gasteiger partial charge in [-0.3, -0.25) is 0 Å². The molecule has 3 unspecified atom stereocenters. The SMILES string of the molecule is CC1(C)C(NCC2(O)CCCCC2)C2CCOC21. The second kappa shape index (κ2) is 4.46. The molecule has 0 aromatic heterocycles. The minimum atomic E-state index is -0.446. The second-order valence-electron chi connectivity index (χ2n) is 7.21. The maximum Gasteiger partial charge on any atom is 0.0771 e. The molecule has 0 bridgehead atoms. The van der Waals surface area contributed by atoms with E-state index in [4.69, 9.17) is 4.74 Å². The van der Waals surface area contributed by atoms with Gasteiger partial charge in [-0.1, -0.05) is 33.1 Å². The Morgan fingerprint density at radius 1 is 1.22 bits per heavy atom. The molecule has 0 radical (unpaired) electrons. The zero-order valence-electron chi connectivity index (χ0n) is 11.7. The third-order valence-electron chi connectivity index (χ3n) is 5.54. The smallest absolute Gasteiger partial charge is 0.0771 e. The molecule has 2 aliphatic carbocycles. The highest BCUT2D eigenvalue weighted by Gasteiger charge is 2.59. The lowest BCUT2D eigenvalue weighted by molar-refractivity contribution is -0.119. The fourth-order valence-corrected chi connectivity index (χ4v) is 4.43. The van der Waals surface area contributed by atoms with Crippen LogP contribution in [0.3, 0.4) is 0 Å². The Labute approximate surface area is 110 Å². The van der Waals surface area contributed by atoms with E-state index in [1.807, 2.05) is 0 Å². The van der Waals surface area contributed by atoms with Crippen LogP contribution in [-0.4, -0.2) is 36.0 Å². The number of hydrogen-bond donors (Lipinski definition) is 2. The number of nitrogens with one attached hydrogen (secondary N) is 1. The van der Waals surface area contributed by atoms with Gasteiger partial charge >= 0.3 is 0 Å². The van der Waals surface area contributed by atoms with Gasteiger partial charge in [0.1, 0.15) is 0 Å². The third-order valence-corrected chi connectivity index (χ3v) is 5.54. The summed E-state index contributed by atoms with van der Waals surface area (Å²) in [6.07, 6.45) is 7.22. The van der Waals surface area contributed by atoms with Crippen molar-refractivity contribution in [1.82, 2.24) is 5.32 Å². The average Bonchev–Trinajstić information content (AvgIpc) is 2.76. The Balaban J connectivity index is 1.57. The zero-order chi connectivity index (χ0) is 12.8. The van der Waals surface area contributed by atoms with Crippen LogP contribution in [0.1, 0.15) is 52.4 Å². The molecule has 3 fully saturated rings. The minimum absolute atomic E-state index is 0.228. The molecule has 3 nitrogen and oxygen atoms in total. The molecule has 1 saturated heterocycles. The molecule has 0 amide bonds. The summed E-state index contributed by atoms with van der Waals surface area (Å²) >= 11 is 0. The molecule has 3 atom stereocenters. The van der Waals surface area contributed by atoms with Crippen LogP contribution in [0.25, 0.3) is 0 Å². The summed E-state index contributed by atoms with van der Waals surface area (Å²) in [7, 11) is 0. The molecule has 2 saturated carbocycles. The van der Waals surface area contributed by atoms with Crippen LogP contribution in [0.15, 0.2) is 0 Å². The summed E-state index contributed by atoms with van der Waals surface area (Å²) in [4.78, 5) is 0. The van der Waals surface area contributed by atoms with Crippen molar-refractivity contribution >= 4 is 0 Å². The largest absolute Gasteiger partial charge is 0.389 e. The highest BCUT2D eigenvalue weighted by molar-refractivity contribution is 5.11. The summed E-state index contributed by atoms with van der Waals surface area (Å²) < 4.78 is 5.81. The maximum absolute atomic E-state index is 10.6. The van der Waals surface area contributed by atoms with E-state index in [1.165, 1.54) is 25.7 Å². The third kappa shape index (κ3) is 2.00. The number of fused-ring (bicyclic) bond motifs is 1. The molecule has 0 aromatic rings. The topological polar surface area (TPSA) is 41.5 Å². The van der Waals surface area contributed by atoms with Crippen molar-refractivity contribution < 1.29 is 9.84 Å². The molecule has 18 heavy (non-hydrogen) atoms. The van der Waals surface area contributed by atoms with Crippen molar-refractivity contribution in [2.45, 2.75) is 70.1 Å². The molecule has 3 rings (SSSR count). The maximum atomic E-state index is 10.6. The molecule has 3 heteroatoms. The first-order valence-electron chi connectivity index (χ1n) is 7.60. The monoisotopic (exact) mass is 253 g/mol. The summed E-state index contributed by atoms with van der Waals surface area (Å²) in [6.45, 7) is 6.27. The van der Waals surface area contributed by atoms with Crippen molar-refractivity contribution in [3.63, 3.8) is 0 Å². The van der Waals surface area contributed by atoms with Gasteiger partial charge in [-0.15, -0.1) is 0 Å². The van der Waals surface area contributed by atoms with Crippen LogP contribution in [0.4, 0.5) is 0 Å². The van der Waals surface area contributed by atoms with Crippen LogP contribution in [-0.2, 0) is 4.74 Å². The van der Waals surface area contributed by atoms with Crippen molar-refractivity contribution in [1.29, 1.82) is 0 Å². The molecule has 2 N–H and O–H groups in total. The van der Waals surface area contributed by atoms with Gasteiger partial charge in [-0.05, 0) is 19.3 Å². The van der Waals surface area contributed by atoms with E-state index in [1.54, 1.807) is 0 Å². The van der Waals surface area contributed by atoms with Crippen LogP contribution in [0.5, 0.6) is 0 Å². The van der Waals surface area contributed by atoms with E-state index < -0.39 is 5.60 Å². The summed E-state index contributed by atoms with van der Waals surface area (Å²) in [5.74, 6) is 0.673. The van der Waals surface area contributed by atoms with Crippen molar-refractivity contribution in [3.8, 4) is 0 Å². The molecule has 104 valence electrons. The van der Waals surface area contributed by atoms with Gasteiger partial charge in [0.2, 0.25) is 0 Å². The fraction of sp³-hybridized carbons (Fsp3) is 1.00. The predicted molar refractivity (Wildman–Crippen MR) is 71.5 cm³/mol. The van der Waals surface area contributed by atoms with E-state index in [2.05, 4.69) is 19.2 Å². The standard InChI is InChI=1S/C15H27NO2/c1-14(2)12(11-6-9-18-13(11)14)16-10-15(17)7-4-3-5-8-15/h11-13,16-17H,3-10H2,1-2H3. The summed E-state index contributed by atoms with van der Waals surface area (Å²) in [5, 5.41) is 14.2. The Bertz CT molecular complexity index is 310. The van der Waals surface area contributed by atoms with Gasteiger partial charge in [0.25, 0.3) is 0 Å². The lowest BCUT2D eigenvalue weighted by Gasteiger charge is -2.55. The molecular weight excluding hydrogens is 226 g/mol. The highest BCUT2D eigenvalue weighted by Crippen LogP contribution is 2.52. The Morgan fingerprint density at radius 2 is 1.94 bits per heavy atom. The van der Waals surface area contributed by atoms with E-state index in [0.29, 0.717) is 18.1 Å². The predicted octanol–water partition coefficient (Wildman–Crippen LogP) is 2.08. The normalized spacial score (nSPS) is 41.2. The van der Waals surface area contributed by atoms with Crippen LogP contribution in [0.2, 0.25) is 0 Å². The van der Waals surface area contributed by atoms with Crippen molar-refractivity contribution in [3.05, 3.63) is 0 Å². The number of hydrogen-bond acceptors (Lipinski definition) is 3. The molecule has 3 aliphatic rings. The van der Waals surface area contributed by atoms with Crippen molar-refractivity contribution in [2.75, 3.05) is 13.2 Å². The van der Waals surface area contributed by atoms with Gasteiger partial charge in [0.05, 0.1) is 11.7 Å². The van der Waals surface area contributed by atoms with Gasteiger partial charge in [0.15, 0.2) is 0 Å². The van der Waals surface area contributed by atoms with E-state index >= 15 is 0 Å². The number of rotatable bonds is 3. The Hall–Kier alpha value is -0.120. The first-order valence-corrected chi connectivity index (χ1v) is 7.60. The van der Waals surface area contributed by atoms with Crippen LogP contribution >= 0.6 is 0 Å². The highest BCUT2D eigenvalue weighted by atomic mass is 16.5. The minimum Gasteiger partial charge on any atom is -0.389 e. The Kier molecular flexibility index (Phi) is 3.20. The summed E-state index contributed by atoms with van der Waals surface area (Å²) in [6, 6.07) is 0.524.